The van der Waals surface area contributed by atoms with E-state index in [0.29, 0.717) is 6.54 Å². The molecule has 1 aliphatic carbocycles. The first kappa shape index (κ1) is 11.5. The van der Waals surface area contributed by atoms with Crippen molar-refractivity contribution in [2.45, 2.75) is 38.9 Å². The summed E-state index contributed by atoms with van der Waals surface area (Å²) in [6, 6.07) is 0. The third-order valence-corrected chi connectivity index (χ3v) is 3.10. The van der Waals surface area contributed by atoms with Crippen LogP contribution in [0.3, 0.4) is 0 Å². The van der Waals surface area contributed by atoms with E-state index in [1.165, 1.54) is 19.3 Å². The van der Waals surface area contributed by atoms with Gasteiger partial charge in [0, 0.05) is 0 Å². The molecule has 0 saturated heterocycles. The summed E-state index contributed by atoms with van der Waals surface area (Å²) < 4.78 is 0. The van der Waals surface area contributed by atoms with Gasteiger partial charge in [0.1, 0.15) is 0 Å². The number of hydrogen-bond donors (Lipinski definition) is 2. The van der Waals surface area contributed by atoms with Crippen LogP contribution < -0.4 is 5.23 Å². The van der Waals surface area contributed by atoms with Gasteiger partial charge in [0.15, 0.2) is 0 Å². The molecular weight excluding hydrogens is 175 g/mol. The average molecular weight is 194 g/mol. The molecule has 3 nitrogen and oxygen atoms in total. The quantitative estimate of drug-likeness (QED) is 0.526. The largest absolute Gasteiger partial charge is 0.437 e. The molecule has 0 unspecified atom stereocenters. The summed E-state index contributed by atoms with van der Waals surface area (Å²) in [4.78, 5) is 3.54. The third-order valence-electron chi connectivity index (χ3n) is 3.10. The second-order valence-corrected chi connectivity index (χ2v) is 4.43. The van der Waals surface area contributed by atoms with E-state index in [9.17, 15) is 5.02 Å². The van der Waals surface area contributed by atoms with Crippen LogP contribution in [-0.4, -0.2) is 25.2 Å². The molecular formula is C10H19BN2O. The van der Waals surface area contributed by atoms with E-state index in [1.807, 2.05) is 0 Å². The maximum atomic E-state index is 9.18. The summed E-state index contributed by atoms with van der Waals surface area (Å²) in [6.07, 6.45) is 6.03. The Kier molecular flexibility index (Phi) is 4.44. The predicted molar refractivity (Wildman–Crippen MR) is 58.8 cm³/mol. The van der Waals surface area contributed by atoms with Crippen LogP contribution in [-0.2, 0) is 0 Å². The molecule has 0 aromatic rings. The van der Waals surface area contributed by atoms with Gasteiger partial charge in [-0.15, -0.1) is 0 Å². The average Bonchev–Trinajstić information content (AvgIpc) is 2.17. The summed E-state index contributed by atoms with van der Waals surface area (Å²) >= 11 is 0. The number of nitrogens with zero attached hydrogens (tertiary/aromatic N) is 1. The molecule has 0 spiro atoms. The van der Waals surface area contributed by atoms with Crippen molar-refractivity contribution in [2.24, 2.45) is 5.41 Å². The minimum absolute atomic E-state index is 0.136. The molecule has 0 bridgehead atoms. The van der Waals surface area contributed by atoms with Crippen molar-refractivity contribution in [1.29, 1.82) is 0 Å². The lowest BCUT2D eigenvalue weighted by molar-refractivity contribution is 0.211. The van der Waals surface area contributed by atoms with Crippen LogP contribution in [0.1, 0.15) is 32.1 Å². The van der Waals surface area contributed by atoms with E-state index in [4.69, 9.17) is 6.57 Å². The van der Waals surface area contributed by atoms with Gasteiger partial charge in [0.05, 0.1) is 5.41 Å². The lowest BCUT2D eigenvalue weighted by Gasteiger charge is -2.33. The fourth-order valence-electron chi connectivity index (χ4n) is 2.22. The Morgan fingerprint density at radius 3 is 2.57 bits per heavy atom. The lowest BCUT2D eigenvalue weighted by Crippen LogP contribution is -2.43. The highest BCUT2D eigenvalue weighted by molar-refractivity contribution is 6.45. The molecule has 1 rings (SSSR count). The molecule has 0 radical (unpaired) electrons. The van der Waals surface area contributed by atoms with Crippen molar-refractivity contribution in [3.05, 3.63) is 11.4 Å². The van der Waals surface area contributed by atoms with E-state index in [-0.39, 0.29) is 5.41 Å². The Morgan fingerprint density at radius 1 is 1.43 bits per heavy atom. The van der Waals surface area contributed by atoms with Crippen molar-refractivity contribution in [3.63, 3.8) is 0 Å². The molecule has 1 saturated carbocycles. The molecule has 0 amide bonds. The van der Waals surface area contributed by atoms with Gasteiger partial charge < -0.3 is 15.1 Å². The molecule has 4 heteroatoms. The standard InChI is InChI=1S/C10H19BN2O/c1-11(14)13-9-10(8-12-2)6-4-3-5-7-10/h13-14H,3-9H2,1H3. The van der Waals surface area contributed by atoms with Gasteiger partial charge in [0.25, 0.3) is 0 Å². The first-order chi connectivity index (χ1) is 6.68. The molecule has 78 valence electrons. The summed E-state index contributed by atoms with van der Waals surface area (Å²) in [5.41, 5.74) is 0.136. The van der Waals surface area contributed by atoms with Crippen molar-refractivity contribution < 1.29 is 5.02 Å². The van der Waals surface area contributed by atoms with Crippen molar-refractivity contribution in [3.8, 4) is 0 Å². The van der Waals surface area contributed by atoms with E-state index in [0.717, 1.165) is 19.4 Å². The number of hydrogen-bond acceptors (Lipinski definition) is 2. The summed E-state index contributed by atoms with van der Waals surface area (Å²) in [5, 5.41) is 12.2. The molecule has 0 aromatic carbocycles. The van der Waals surface area contributed by atoms with E-state index in [2.05, 4.69) is 10.1 Å². The van der Waals surface area contributed by atoms with Gasteiger partial charge in [-0.2, -0.15) is 0 Å². The van der Waals surface area contributed by atoms with Crippen LogP contribution >= 0.6 is 0 Å². The van der Waals surface area contributed by atoms with E-state index < -0.39 is 7.05 Å². The smallest absolute Gasteiger partial charge is 0.373 e. The van der Waals surface area contributed by atoms with Crippen LogP contribution in [0.4, 0.5) is 0 Å². The molecule has 0 aliphatic heterocycles. The lowest BCUT2D eigenvalue weighted by atomic mass is 9.72. The third kappa shape index (κ3) is 3.32. The Morgan fingerprint density at radius 2 is 2.07 bits per heavy atom. The molecule has 0 aromatic heterocycles. The molecule has 0 atom stereocenters. The molecule has 1 aliphatic rings. The fourth-order valence-corrected chi connectivity index (χ4v) is 2.22. The minimum atomic E-state index is -0.459. The topological polar surface area (TPSA) is 36.6 Å². The van der Waals surface area contributed by atoms with Gasteiger partial charge >= 0.3 is 7.05 Å². The monoisotopic (exact) mass is 194 g/mol. The Hall–Kier alpha value is -0.525. The highest BCUT2D eigenvalue weighted by atomic mass is 16.2. The minimum Gasteiger partial charge on any atom is -0.437 e. The van der Waals surface area contributed by atoms with Crippen LogP contribution in [0.15, 0.2) is 0 Å². The number of nitrogens with one attached hydrogen (secondary N) is 1. The summed E-state index contributed by atoms with van der Waals surface area (Å²) in [7, 11) is -0.459. The molecule has 0 heterocycles. The SMILES string of the molecule is [C-]#[N+]CC1(CNB(C)O)CCCCC1. The van der Waals surface area contributed by atoms with Gasteiger partial charge in [-0.3, -0.25) is 0 Å². The van der Waals surface area contributed by atoms with Crippen LogP contribution in [0.5, 0.6) is 0 Å². The van der Waals surface area contributed by atoms with Crippen molar-refractivity contribution >= 4 is 7.05 Å². The number of rotatable bonds is 4. The van der Waals surface area contributed by atoms with Gasteiger partial charge in [0.2, 0.25) is 6.54 Å². The van der Waals surface area contributed by atoms with Crippen molar-refractivity contribution in [2.75, 3.05) is 13.1 Å². The normalized spacial score (nSPS) is 20.1. The maximum Gasteiger partial charge on any atom is 0.373 e. The maximum absolute atomic E-state index is 9.18. The molecule has 1 fully saturated rings. The molecule has 2 N–H and O–H groups in total. The van der Waals surface area contributed by atoms with Crippen LogP contribution in [0, 0.1) is 12.0 Å². The second-order valence-electron chi connectivity index (χ2n) is 4.43. The second kappa shape index (κ2) is 5.38. The Balaban J connectivity index is 2.48. The van der Waals surface area contributed by atoms with E-state index >= 15 is 0 Å². The zero-order chi connectivity index (χ0) is 10.4. The summed E-state index contributed by atoms with van der Waals surface area (Å²) in [5.74, 6) is 0. The molecule has 14 heavy (non-hydrogen) atoms. The predicted octanol–water partition coefficient (Wildman–Crippen LogP) is 1.56. The zero-order valence-electron chi connectivity index (χ0n) is 8.92. The van der Waals surface area contributed by atoms with Crippen molar-refractivity contribution in [1.82, 2.24) is 5.23 Å². The summed E-state index contributed by atoms with van der Waals surface area (Å²) in [6.45, 7) is 10.1. The first-order valence-electron chi connectivity index (χ1n) is 5.43. The van der Waals surface area contributed by atoms with Gasteiger partial charge in [-0.05, 0) is 26.2 Å². The van der Waals surface area contributed by atoms with Gasteiger partial charge in [-0.1, -0.05) is 19.3 Å². The van der Waals surface area contributed by atoms with Crippen LogP contribution in [0.25, 0.3) is 4.85 Å². The van der Waals surface area contributed by atoms with Gasteiger partial charge in [-0.25, -0.2) is 6.57 Å². The zero-order valence-corrected chi connectivity index (χ0v) is 8.92. The van der Waals surface area contributed by atoms with E-state index in [1.54, 1.807) is 6.82 Å². The fraction of sp³-hybridized carbons (Fsp3) is 0.900. The highest BCUT2D eigenvalue weighted by Gasteiger charge is 2.35. The Bertz CT molecular complexity index is 207. The Labute approximate surface area is 86.8 Å². The highest BCUT2D eigenvalue weighted by Crippen LogP contribution is 2.36. The van der Waals surface area contributed by atoms with Crippen LogP contribution in [0.2, 0.25) is 6.82 Å². The first-order valence-corrected chi connectivity index (χ1v) is 5.43.